The van der Waals surface area contributed by atoms with Gasteiger partial charge in [0.15, 0.2) is 5.82 Å². The molecular weight excluding hydrogens is 914 g/mol. The Labute approximate surface area is 418 Å². The number of pyridine rings is 1. The number of ether oxygens (including phenoxy) is 1. The first kappa shape index (κ1) is 45.8. The molecule has 2 unspecified atom stereocenters. The summed E-state index contributed by atoms with van der Waals surface area (Å²) in [5.74, 6) is -0.593. The summed E-state index contributed by atoms with van der Waals surface area (Å²) < 4.78 is 23.8. The fourth-order valence-corrected chi connectivity index (χ4v) is 13.2. The van der Waals surface area contributed by atoms with Crippen LogP contribution in [0.2, 0.25) is 0 Å². The van der Waals surface area contributed by atoms with Crippen LogP contribution in [-0.2, 0) is 22.6 Å². The fourth-order valence-electron chi connectivity index (χ4n) is 13.2. The number of hydrogen-bond acceptors (Lipinski definition) is 14. The first-order valence-electron chi connectivity index (χ1n) is 26.5. The second kappa shape index (κ2) is 18.2. The van der Waals surface area contributed by atoms with Gasteiger partial charge in [0.2, 0.25) is 11.8 Å². The number of imide groups is 1. The number of nitrogens with zero attached hydrogens (tertiary/aromatic N) is 9. The number of benzene rings is 3. The number of aromatic nitrogens is 3. The van der Waals surface area contributed by atoms with E-state index < -0.39 is 11.9 Å². The molecule has 8 aliphatic rings. The maximum Gasteiger partial charge on any atom is 0.319 e. The molecule has 2 bridgehead atoms. The van der Waals surface area contributed by atoms with E-state index in [1.807, 2.05) is 30.3 Å². The van der Waals surface area contributed by atoms with E-state index >= 15 is 4.39 Å². The lowest BCUT2D eigenvalue weighted by molar-refractivity contribution is -0.136. The number of likely N-dealkylation sites (tertiary alicyclic amines) is 2. The summed E-state index contributed by atoms with van der Waals surface area (Å²) in [5, 5.41) is 19.2. The summed E-state index contributed by atoms with van der Waals surface area (Å²) >= 11 is 0. The molecule has 16 nitrogen and oxygen atoms in total. The number of aromatic hydroxyl groups is 1. The molecular formula is C55H64FN11O5. The largest absolute Gasteiger partial charge is 0.508 e. The van der Waals surface area contributed by atoms with Crippen molar-refractivity contribution in [2.45, 2.75) is 101 Å². The number of phenolic OH excluding ortho intramolecular Hbond substituents is 1. The predicted octanol–water partition coefficient (Wildman–Crippen LogP) is 5.08. The molecule has 9 heterocycles. The lowest BCUT2D eigenvalue weighted by Crippen LogP contribution is -2.66. The molecule has 376 valence electrons. The number of halogens is 1. The highest BCUT2D eigenvalue weighted by Gasteiger charge is 2.47. The molecule has 17 heteroatoms. The Bertz CT molecular complexity index is 2970. The molecule has 0 radical (unpaired) electrons. The van der Waals surface area contributed by atoms with Gasteiger partial charge in [0.25, 0.3) is 5.91 Å². The highest BCUT2D eigenvalue weighted by atomic mass is 19.1. The Balaban J connectivity index is 0.621. The van der Waals surface area contributed by atoms with Crippen LogP contribution in [0.4, 0.5) is 15.9 Å². The van der Waals surface area contributed by atoms with E-state index in [0.29, 0.717) is 66.1 Å². The second-order valence-corrected chi connectivity index (χ2v) is 22.1. The second-order valence-electron chi connectivity index (χ2n) is 22.1. The minimum Gasteiger partial charge on any atom is -0.508 e. The van der Waals surface area contributed by atoms with Crippen LogP contribution >= 0.6 is 0 Å². The lowest BCUT2D eigenvalue weighted by Gasteiger charge is -2.52. The van der Waals surface area contributed by atoms with Gasteiger partial charge in [-0.2, -0.15) is 9.97 Å². The molecule has 0 spiro atoms. The summed E-state index contributed by atoms with van der Waals surface area (Å²) in [4.78, 5) is 66.3. The molecule has 72 heavy (non-hydrogen) atoms. The Morgan fingerprint density at radius 2 is 1.62 bits per heavy atom. The van der Waals surface area contributed by atoms with Crippen LogP contribution < -0.4 is 25.2 Å². The predicted molar refractivity (Wildman–Crippen MR) is 272 cm³/mol. The van der Waals surface area contributed by atoms with Crippen LogP contribution in [0.1, 0.15) is 79.8 Å². The first-order valence-corrected chi connectivity index (χ1v) is 26.5. The van der Waals surface area contributed by atoms with E-state index in [4.69, 9.17) is 19.7 Å². The third-order valence-corrected chi connectivity index (χ3v) is 17.5. The van der Waals surface area contributed by atoms with Crippen molar-refractivity contribution in [1.29, 1.82) is 0 Å². The zero-order valence-electron chi connectivity index (χ0n) is 41.1. The minimum atomic E-state index is -0.602. The van der Waals surface area contributed by atoms with E-state index in [2.05, 4.69) is 48.1 Å². The van der Waals surface area contributed by atoms with Gasteiger partial charge in [-0.3, -0.25) is 34.5 Å². The van der Waals surface area contributed by atoms with Gasteiger partial charge in [0.05, 0.1) is 12.0 Å². The number of phenols is 1. The molecule has 13 rings (SSSR count). The zero-order valence-corrected chi connectivity index (χ0v) is 41.1. The van der Waals surface area contributed by atoms with Crippen molar-refractivity contribution >= 4 is 50.9 Å². The average molecular weight is 978 g/mol. The highest BCUT2D eigenvalue weighted by molar-refractivity contribution is 6.06. The van der Waals surface area contributed by atoms with E-state index in [0.717, 1.165) is 145 Å². The third kappa shape index (κ3) is 8.39. The van der Waals surface area contributed by atoms with Gasteiger partial charge in [0.1, 0.15) is 28.8 Å². The van der Waals surface area contributed by atoms with Gasteiger partial charge in [-0.15, -0.1) is 0 Å². The van der Waals surface area contributed by atoms with Gasteiger partial charge >= 0.3 is 6.01 Å². The first-order chi connectivity index (χ1) is 35.0. The van der Waals surface area contributed by atoms with Crippen LogP contribution in [-0.4, -0.2) is 166 Å². The smallest absolute Gasteiger partial charge is 0.319 e. The van der Waals surface area contributed by atoms with Gasteiger partial charge in [-0.05, 0) is 117 Å². The number of amides is 3. The summed E-state index contributed by atoms with van der Waals surface area (Å²) in [5.41, 5.74) is 4.70. The SMILES string of the molecule is CCc1cccc2cc(O)cc(-c3ncc4c(N5CC6CCC(C5)N6)nc(OCC5(CN6CCC(N7CC(N8CCN(c9ccc%10c(c9)CN([C@H]9CCC(=O)NC9=O)C%10=O)CC8)C7)CC6)CC5)nc4c3F)c12. The van der Waals surface area contributed by atoms with Crippen molar-refractivity contribution in [2.75, 3.05) is 88.4 Å². The van der Waals surface area contributed by atoms with Crippen LogP contribution in [0.5, 0.6) is 11.8 Å². The Kier molecular flexibility index (Phi) is 11.6. The number of piperidine rings is 2. The van der Waals surface area contributed by atoms with Crippen LogP contribution in [0.25, 0.3) is 32.9 Å². The number of piperazine rings is 2. The number of rotatable bonds is 12. The Hall–Kier alpha value is -6.01. The van der Waals surface area contributed by atoms with E-state index in [1.165, 1.54) is 0 Å². The van der Waals surface area contributed by atoms with Gasteiger partial charge in [-0.1, -0.05) is 25.1 Å². The number of anilines is 2. The molecule has 3 amide bonds. The van der Waals surface area contributed by atoms with Gasteiger partial charge < -0.3 is 34.8 Å². The third-order valence-electron chi connectivity index (χ3n) is 17.5. The number of hydrogen-bond donors (Lipinski definition) is 3. The zero-order chi connectivity index (χ0) is 48.8. The Morgan fingerprint density at radius 3 is 2.38 bits per heavy atom. The number of carbonyl (C=O) groups is 3. The lowest BCUT2D eigenvalue weighted by atomic mass is 9.95. The van der Waals surface area contributed by atoms with Crippen molar-refractivity contribution in [3.05, 3.63) is 77.2 Å². The van der Waals surface area contributed by atoms with E-state index in [1.54, 1.807) is 23.2 Å². The van der Waals surface area contributed by atoms with Crippen molar-refractivity contribution < 1.29 is 28.6 Å². The van der Waals surface area contributed by atoms with Crippen molar-refractivity contribution in [3.8, 4) is 23.0 Å². The van der Waals surface area contributed by atoms with Crippen LogP contribution in [0.3, 0.4) is 0 Å². The monoisotopic (exact) mass is 978 g/mol. The van der Waals surface area contributed by atoms with Gasteiger partial charge in [0, 0.05) is 124 Å². The van der Waals surface area contributed by atoms with Crippen molar-refractivity contribution in [1.82, 2.24) is 45.2 Å². The minimum absolute atomic E-state index is 0.0236. The quantitative estimate of drug-likeness (QED) is 0.142. The summed E-state index contributed by atoms with van der Waals surface area (Å²) in [6, 6.07) is 16.8. The average Bonchev–Trinajstić information content (AvgIpc) is 3.95. The highest BCUT2D eigenvalue weighted by Crippen LogP contribution is 2.47. The Morgan fingerprint density at radius 1 is 0.833 bits per heavy atom. The molecule has 3 aromatic carbocycles. The summed E-state index contributed by atoms with van der Waals surface area (Å²) in [7, 11) is 0. The molecule has 6 saturated heterocycles. The molecule has 1 saturated carbocycles. The molecule has 5 aromatic rings. The molecule has 1 aliphatic carbocycles. The standard InChI is InChI=1S/C55H64FN11O5/c1-2-33-4-3-5-34-23-41(68)24-43(47(33)34)49-48(56)50-44(25-57-49)51(66-27-36-6-7-37(28-66)58-36)61-54(60-50)72-32-55(14-15-55)31-62-16-12-38(13-17-62)65-29-40(30-65)64-20-18-63(19-21-64)39-8-9-42-35(22-39)26-67(53(42)71)45-10-11-46(69)59-52(45)70/h3-5,8-9,22-25,36-38,40,45,58,68H,2,6-7,10-21,26-32H2,1H3,(H,59,69,70)/t36?,37?,45-/m0/s1. The number of fused-ring (bicyclic) bond motifs is 5. The van der Waals surface area contributed by atoms with E-state index in [-0.39, 0.29) is 52.5 Å². The number of nitrogens with one attached hydrogen (secondary N) is 2. The summed E-state index contributed by atoms with van der Waals surface area (Å²) in [6.07, 6.45) is 9.77. The fraction of sp³-hybridized carbons (Fsp3) is 0.527. The molecule has 3 atom stereocenters. The van der Waals surface area contributed by atoms with Crippen LogP contribution in [0, 0.1) is 11.2 Å². The maximum absolute atomic E-state index is 17.2. The van der Waals surface area contributed by atoms with Crippen LogP contribution in [0.15, 0.2) is 54.7 Å². The topological polar surface area (TPSA) is 163 Å². The maximum atomic E-state index is 17.2. The van der Waals surface area contributed by atoms with Gasteiger partial charge in [-0.25, -0.2) is 4.39 Å². The molecule has 7 aliphatic heterocycles. The molecule has 3 N–H and O–H groups in total. The molecule has 2 aromatic heterocycles. The van der Waals surface area contributed by atoms with E-state index in [9.17, 15) is 19.5 Å². The number of carbonyl (C=O) groups excluding carboxylic acids is 3. The van der Waals surface area contributed by atoms with Crippen molar-refractivity contribution in [2.24, 2.45) is 5.41 Å². The number of aryl methyl sites for hydroxylation is 1. The summed E-state index contributed by atoms with van der Waals surface area (Å²) in [6.45, 7) is 13.7. The van der Waals surface area contributed by atoms with Crippen molar-refractivity contribution in [3.63, 3.8) is 0 Å². The normalized spacial score (nSPS) is 25.1. The molecule has 7 fully saturated rings.